The summed E-state index contributed by atoms with van der Waals surface area (Å²) in [6, 6.07) is 18.4. The number of halogens is 1. The highest BCUT2D eigenvalue weighted by Gasteiger charge is 2.36. The lowest BCUT2D eigenvalue weighted by Gasteiger charge is -2.35. The van der Waals surface area contributed by atoms with E-state index < -0.39 is 0 Å². The van der Waals surface area contributed by atoms with Gasteiger partial charge in [0.05, 0.1) is 0 Å². The Morgan fingerprint density at radius 1 is 0.767 bits per heavy atom. The summed E-state index contributed by atoms with van der Waals surface area (Å²) in [5, 5.41) is 7.54. The predicted molar refractivity (Wildman–Crippen MR) is 135 cm³/mol. The van der Waals surface area contributed by atoms with Crippen molar-refractivity contribution in [3.05, 3.63) is 64.1 Å². The van der Waals surface area contributed by atoms with E-state index in [9.17, 15) is 0 Å². The molecule has 0 radical (unpaired) electrons. The fraction of sp³-hybridized carbons (Fsp3) is 0.308. The fourth-order valence-electron chi connectivity index (χ4n) is 4.85. The highest BCUT2D eigenvalue weighted by atomic mass is 79.9. The summed E-state index contributed by atoms with van der Waals surface area (Å²) in [6.45, 7) is 4.61. The van der Waals surface area contributed by atoms with Gasteiger partial charge in [0.25, 0.3) is 0 Å². The number of unbranched alkanes of at least 4 members (excludes halogenated alkanes) is 2. The summed E-state index contributed by atoms with van der Waals surface area (Å²) in [7, 11) is 0. The minimum atomic E-state index is 0.0930. The van der Waals surface area contributed by atoms with Gasteiger partial charge in [-0.2, -0.15) is 0 Å². The zero-order valence-corrected chi connectivity index (χ0v) is 19.4. The van der Waals surface area contributed by atoms with Gasteiger partial charge >= 0.3 is 6.98 Å². The Labute approximate surface area is 188 Å². The summed E-state index contributed by atoms with van der Waals surface area (Å²) < 4.78 is 1.16. The van der Waals surface area contributed by atoms with Crippen LogP contribution in [-0.4, -0.2) is 6.98 Å². The molecule has 2 heterocycles. The molecule has 0 bridgehead atoms. The number of aryl methyl sites for hydroxylation is 2. The molecule has 3 aromatic carbocycles. The first-order chi connectivity index (χ1) is 14.7. The van der Waals surface area contributed by atoms with Crippen LogP contribution in [-0.2, 0) is 12.8 Å². The molecule has 0 unspecified atom stereocenters. The van der Waals surface area contributed by atoms with Crippen molar-refractivity contribution in [2.45, 2.75) is 52.4 Å². The van der Waals surface area contributed by atoms with Gasteiger partial charge in [-0.05, 0) is 93.6 Å². The third-order valence-corrected chi connectivity index (χ3v) is 7.06. The lowest BCUT2D eigenvalue weighted by Crippen LogP contribution is -2.52. The minimum Gasteiger partial charge on any atom is -0.405 e. The molecule has 0 amide bonds. The lowest BCUT2D eigenvalue weighted by atomic mass is 9.57. The number of fused-ring (bicyclic) bond motifs is 4. The molecule has 5 rings (SSSR count). The van der Waals surface area contributed by atoms with E-state index in [4.69, 9.17) is 0 Å². The summed E-state index contributed by atoms with van der Waals surface area (Å²) in [4.78, 5) is 0. The Morgan fingerprint density at radius 2 is 1.47 bits per heavy atom. The van der Waals surface area contributed by atoms with E-state index >= 15 is 0 Å². The van der Waals surface area contributed by atoms with Gasteiger partial charge in [-0.15, -0.1) is 0 Å². The molecular formula is C26H28BBrN2. The van der Waals surface area contributed by atoms with Gasteiger partial charge in [-0.25, -0.2) is 0 Å². The first kappa shape index (κ1) is 19.7. The third-order valence-electron chi connectivity index (χ3n) is 6.44. The number of nitrogens with one attached hydrogen (secondary N) is 2. The van der Waals surface area contributed by atoms with E-state index in [0.29, 0.717) is 0 Å². The van der Waals surface area contributed by atoms with Crippen LogP contribution in [0.25, 0.3) is 22.3 Å². The van der Waals surface area contributed by atoms with Crippen LogP contribution >= 0.6 is 15.9 Å². The number of hydrogen-bond donors (Lipinski definition) is 2. The van der Waals surface area contributed by atoms with Crippen LogP contribution in [0.3, 0.4) is 0 Å². The average Bonchev–Trinajstić information content (AvgIpc) is 2.77. The second-order valence-corrected chi connectivity index (χ2v) is 9.43. The van der Waals surface area contributed by atoms with Crippen LogP contribution in [0, 0.1) is 0 Å². The molecule has 4 heteroatoms. The van der Waals surface area contributed by atoms with Crippen molar-refractivity contribution < 1.29 is 0 Å². The largest absolute Gasteiger partial charge is 0.407 e. The predicted octanol–water partition coefficient (Wildman–Crippen LogP) is 7.01. The quantitative estimate of drug-likeness (QED) is 0.388. The standard InChI is InChI=1S/C26H28BBrN2/c1-3-5-8-17-12-13-24-21(14-17)19-10-7-11-20-22-15-18(9-6-4-2)16-23(28)26(22)30-27(29-24)25(19)20/h7,10-16,29-30H,3-6,8-9H2,1-2H3. The molecule has 30 heavy (non-hydrogen) atoms. The Morgan fingerprint density at radius 3 is 2.23 bits per heavy atom. The van der Waals surface area contributed by atoms with E-state index in [2.05, 4.69) is 88.8 Å². The van der Waals surface area contributed by atoms with Crippen LogP contribution in [0.15, 0.2) is 53.0 Å². The number of hydrogen-bond acceptors (Lipinski definition) is 2. The number of rotatable bonds is 6. The normalized spacial score (nSPS) is 13.1. The highest BCUT2D eigenvalue weighted by molar-refractivity contribution is 9.10. The van der Waals surface area contributed by atoms with Gasteiger partial charge in [-0.1, -0.05) is 51.0 Å². The summed E-state index contributed by atoms with van der Waals surface area (Å²) in [5.74, 6) is 0. The Hall–Kier alpha value is -2.20. The van der Waals surface area contributed by atoms with Crippen molar-refractivity contribution >= 4 is 39.8 Å². The van der Waals surface area contributed by atoms with Crippen molar-refractivity contribution in [3.63, 3.8) is 0 Å². The molecule has 2 aliphatic heterocycles. The van der Waals surface area contributed by atoms with E-state index in [0.717, 1.165) is 17.3 Å². The van der Waals surface area contributed by atoms with Crippen molar-refractivity contribution in [2.75, 3.05) is 10.5 Å². The maximum Gasteiger partial charge on any atom is 0.407 e. The average molecular weight is 459 g/mol. The zero-order chi connectivity index (χ0) is 20.7. The van der Waals surface area contributed by atoms with E-state index in [1.54, 1.807) is 0 Å². The Bertz CT molecular complexity index is 1110. The van der Waals surface area contributed by atoms with Gasteiger partial charge in [0.2, 0.25) is 0 Å². The van der Waals surface area contributed by atoms with Crippen molar-refractivity contribution in [3.8, 4) is 22.3 Å². The van der Waals surface area contributed by atoms with Gasteiger partial charge in [0, 0.05) is 27.0 Å². The fourth-order valence-corrected chi connectivity index (χ4v) is 5.47. The van der Waals surface area contributed by atoms with Crippen LogP contribution in [0.2, 0.25) is 0 Å². The summed E-state index contributed by atoms with van der Waals surface area (Å²) in [5.41, 5.74) is 12.0. The second kappa shape index (κ2) is 8.15. The number of anilines is 2. The molecule has 152 valence electrons. The topological polar surface area (TPSA) is 24.1 Å². The minimum absolute atomic E-state index is 0.0930. The first-order valence-corrected chi connectivity index (χ1v) is 12.1. The van der Waals surface area contributed by atoms with Crippen LogP contribution < -0.4 is 15.9 Å². The van der Waals surface area contributed by atoms with Gasteiger partial charge < -0.3 is 10.5 Å². The van der Waals surface area contributed by atoms with Crippen LogP contribution in [0.4, 0.5) is 11.4 Å². The molecule has 0 atom stereocenters. The molecule has 0 spiro atoms. The van der Waals surface area contributed by atoms with Crippen LogP contribution in [0.5, 0.6) is 0 Å². The van der Waals surface area contributed by atoms with E-state index in [-0.39, 0.29) is 6.98 Å². The molecular weight excluding hydrogens is 431 g/mol. The van der Waals surface area contributed by atoms with E-state index in [1.165, 1.54) is 75.9 Å². The van der Waals surface area contributed by atoms with Gasteiger partial charge in [0.1, 0.15) is 0 Å². The lowest BCUT2D eigenvalue weighted by molar-refractivity contribution is 0.795. The zero-order valence-electron chi connectivity index (χ0n) is 17.8. The van der Waals surface area contributed by atoms with Crippen LogP contribution in [0.1, 0.15) is 50.7 Å². The molecule has 2 N–H and O–H groups in total. The molecule has 0 aromatic heterocycles. The second-order valence-electron chi connectivity index (χ2n) is 8.58. The maximum absolute atomic E-state index is 3.84. The Balaban J connectivity index is 1.64. The van der Waals surface area contributed by atoms with Gasteiger partial charge in [0.15, 0.2) is 0 Å². The smallest absolute Gasteiger partial charge is 0.405 e. The molecule has 2 aliphatic rings. The molecule has 0 fully saturated rings. The monoisotopic (exact) mass is 458 g/mol. The van der Waals surface area contributed by atoms with Crippen molar-refractivity contribution in [1.29, 1.82) is 0 Å². The van der Waals surface area contributed by atoms with Gasteiger partial charge in [-0.3, -0.25) is 0 Å². The Kier molecular flexibility index (Phi) is 5.36. The molecule has 0 aliphatic carbocycles. The van der Waals surface area contributed by atoms with E-state index in [1.807, 2.05) is 0 Å². The first-order valence-electron chi connectivity index (χ1n) is 11.3. The molecule has 0 saturated heterocycles. The molecule has 0 saturated carbocycles. The molecule has 2 nitrogen and oxygen atoms in total. The SMILES string of the molecule is CCCCc1ccc2c(c1)-c1cccc3c1B(N2)Nc1c(Br)cc(CCCC)cc1-3. The van der Waals surface area contributed by atoms with Crippen molar-refractivity contribution in [1.82, 2.24) is 0 Å². The summed E-state index contributed by atoms with van der Waals surface area (Å²) >= 11 is 3.84. The van der Waals surface area contributed by atoms with Crippen molar-refractivity contribution in [2.24, 2.45) is 0 Å². The summed E-state index contributed by atoms with van der Waals surface area (Å²) in [6.07, 6.45) is 7.19. The maximum atomic E-state index is 3.84. The third kappa shape index (κ3) is 3.35. The number of benzene rings is 3. The molecule has 3 aromatic rings. The highest BCUT2D eigenvalue weighted by Crippen LogP contribution is 2.42.